The molecule has 2 rings (SSSR count). The molecule has 0 saturated heterocycles. The summed E-state index contributed by atoms with van der Waals surface area (Å²) in [7, 11) is 0. The monoisotopic (exact) mass is 299 g/mol. The van der Waals surface area contributed by atoms with Gasteiger partial charge in [-0.1, -0.05) is 45.4 Å². The Morgan fingerprint density at radius 3 is 2.05 bits per heavy atom. The van der Waals surface area contributed by atoms with Gasteiger partial charge in [-0.05, 0) is 30.5 Å². The Labute approximate surface area is 133 Å². The van der Waals surface area contributed by atoms with E-state index < -0.39 is 0 Å². The number of aromatic nitrogens is 2. The maximum absolute atomic E-state index is 7.49. The molecular weight excluding hydrogens is 272 g/mol. The first-order chi connectivity index (χ1) is 10.8. The molecule has 0 unspecified atom stereocenters. The normalized spacial score (nSPS) is 10.8. The van der Waals surface area contributed by atoms with Crippen molar-refractivity contribution in [1.29, 1.82) is 0 Å². The Hall–Kier alpha value is -1.90. The highest BCUT2D eigenvalue weighted by molar-refractivity contribution is 5.55. The Morgan fingerprint density at radius 2 is 1.41 bits per heavy atom. The average molecular weight is 299 g/mol. The highest BCUT2D eigenvalue weighted by atomic mass is 16.3. The van der Waals surface area contributed by atoms with E-state index in [2.05, 4.69) is 16.9 Å². The summed E-state index contributed by atoms with van der Waals surface area (Å²) in [5, 5.41) is 7.49. The summed E-state index contributed by atoms with van der Waals surface area (Å²) < 4.78 is 0. The van der Waals surface area contributed by atoms with E-state index in [9.17, 15) is 0 Å². The second kappa shape index (κ2) is 9.19. The number of aryl methyl sites for hydroxylation is 1. The maximum atomic E-state index is 7.49. The van der Waals surface area contributed by atoms with Crippen LogP contribution in [0.2, 0.25) is 0 Å². The predicted octanol–water partition coefficient (Wildman–Crippen LogP) is 4.87. The molecule has 0 amide bonds. The van der Waals surface area contributed by atoms with E-state index in [-0.39, 0.29) is 0 Å². The number of hydrogen-bond donors (Lipinski definition) is 0. The minimum Gasteiger partial charge on any atom is -0.593 e. The van der Waals surface area contributed by atoms with Crippen molar-refractivity contribution in [3.8, 4) is 17.1 Å². The van der Waals surface area contributed by atoms with Crippen molar-refractivity contribution in [2.45, 2.75) is 58.3 Å². The van der Waals surface area contributed by atoms with Crippen LogP contribution in [0.5, 0.6) is 5.75 Å². The van der Waals surface area contributed by atoms with Crippen LogP contribution < -0.4 is 0 Å². The minimum absolute atomic E-state index is 0.513. The second-order valence-corrected chi connectivity index (χ2v) is 5.86. The van der Waals surface area contributed by atoms with Crippen molar-refractivity contribution in [2.24, 2.45) is 0 Å². The summed E-state index contributed by atoms with van der Waals surface area (Å²) in [6, 6.07) is 7.33. The molecule has 0 atom stereocenters. The summed E-state index contributed by atoms with van der Waals surface area (Å²) in [4.78, 5) is 8.89. The van der Waals surface area contributed by atoms with Gasteiger partial charge in [0, 0.05) is 30.1 Å². The zero-order valence-electron chi connectivity index (χ0n) is 13.5. The molecule has 0 radical (unpaired) electrons. The molecule has 0 aliphatic heterocycles. The van der Waals surface area contributed by atoms with Crippen LogP contribution in [0.3, 0.4) is 0 Å². The van der Waals surface area contributed by atoms with Crippen molar-refractivity contribution < 1.29 is 5.11 Å². The molecule has 0 fully saturated rings. The van der Waals surface area contributed by atoms with Gasteiger partial charge in [0.2, 0.25) is 0 Å². The van der Waals surface area contributed by atoms with Crippen molar-refractivity contribution in [3.05, 3.63) is 42.2 Å². The van der Waals surface area contributed by atoms with Crippen LogP contribution in [0.4, 0.5) is 0 Å². The van der Waals surface area contributed by atoms with Crippen LogP contribution in [-0.4, -0.2) is 15.1 Å². The van der Waals surface area contributed by atoms with E-state index in [4.69, 9.17) is 5.11 Å². The van der Waals surface area contributed by atoms with E-state index in [1.807, 2.05) is 24.5 Å². The molecule has 0 saturated carbocycles. The molecule has 3 nitrogen and oxygen atoms in total. The highest BCUT2D eigenvalue weighted by Gasteiger charge is 2.03. The first kappa shape index (κ1) is 16.5. The third-order valence-corrected chi connectivity index (χ3v) is 3.92. The van der Waals surface area contributed by atoms with Gasteiger partial charge in [-0.15, -0.1) is 0 Å². The molecule has 1 aromatic carbocycles. The fraction of sp³-hybridized carbons (Fsp3) is 0.474. The molecule has 0 spiro atoms. The molecule has 2 N–H and O–H groups in total. The van der Waals surface area contributed by atoms with Gasteiger partial charge in [0.1, 0.15) is 0 Å². The van der Waals surface area contributed by atoms with Gasteiger partial charge in [0.15, 0.2) is 5.82 Å². The van der Waals surface area contributed by atoms with Gasteiger partial charge in [-0.25, -0.2) is 9.97 Å². The fourth-order valence-corrected chi connectivity index (χ4v) is 2.54. The Morgan fingerprint density at radius 1 is 0.818 bits per heavy atom. The van der Waals surface area contributed by atoms with Crippen molar-refractivity contribution in [3.63, 3.8) is 0 Å². The van der Waals surface area contributed by atoms with Gasteiger partial charge in [0.05, 0.1) is 0 Å². The molecular formula is C19H27N2O+. The molecule has 0 aliphatic rings. The second-order valence-electron chi connectivity index (χ2n) is 5.86. The van der Waals surface area contributed by atoms with Gasteiger partial charge in [0.25, 0.3) is 5.75 Å². The van der Waals surface area contributed by atoms with Crippen LogP contribution >= 0.6 is 0 Å². The van der Waals surface area contributed by atoms with E-state index in [0.29, 0.717) is 5.75 Å². The standard InChI is InChI=1S/C19H26N2O/c1-2-3-4-5-6-7-8-9-16-14-20-19(21-15-16)17-10-12-18(22)13-11-17/h10-15,22H,2-9H2,1H3/p+1. The summed E-state index contributed by atoms with van der Waals surface area (Å²) in [5.41, 5.74) is 2.19. The van der Waals surface area contributed by atoms with E-state index in [0.717, 1.165) is 17.8 Å². The number of unbranched alkanes of at least 4 members (excludes halogenated alkanes) is 6. The number of hydrogen-bond acceptors (Lipinski definition) is 2. The van der Waals surface area contributed by atoms with Crippen molar-refractivity contribution in [1.82, 2.24) is 9.97 Å². The van der Waals surface area contributed by atoms with Gasteiger partial charge in [-0.3, -0.25) is 0 Å². The predicted molar refractivity (Wildman–Crippen MR) is 92.2 cm³/mol. The smallest absolute Gasteiger partial charge is 0.253 e. The van der Waals surface area contributed by atoms with Gasteiger partial charge >= 0.3 is 0 Å². The first-order valence-corrected chi connectivity index (χ1v) is 8.42. The molecule has 0 aliphatic carbocycles. The van der Waals surface area contributed by atoms with Crippen LogP contribution in [0, 0.1) is 0 Å². The number of benzene rings is 1. The third-order valence-electron chi connectivity index (χ3n) is 3.92. The molecule has 118 valence electrons. The average Bonchev–Trinajstić information content (AvgIpc) is 2.55. The number of nitrogens with zero attached hydrogens (tertiary/aromatic N) is 2. The zero-order valence-corrected chi connectivity index (χ0v) is 13.5. The molecule has 1 aromatic heterocycles. The number of rotatable bonds is 9. The largest absolute Gasteiger partial charge is 0.593 e. The lowest BCUT2D eigenvalue weighted by molar-refractivity contribution is 0.475. The van der Waals surface area contributed by atoms with Crippen molar-refractivity contribution in [2.75, 3.05) is 0 Å². The summed E-state index contributed by atoms with van der Waals surface area (Å²) in [6.07, 6.45) is 14.3. The van der Waals surface area contributed by atoms with Crippen LogP contribution in [0.25, 0.3) is 11.4 Å². The van der Waals surface area contributed by atoms with Crippen LogP contribution in [0.15, 0.2) is 36.7 Å². The lowest BCUT2D eigenvalue weighted by atomic mass is 10.1. The first-order valence-electron chi connectivity index (χ1n) is 8.42. The van der Waals surface area contributed by atoms with Crippen LogP contribution in [0.1, 0.15) is 57.4 Å². The quantitative estimate of drug-likeness (QED) is 0.489. The Kier molecular flexibility index (Phi) is 6.88. The Bertz CT molecular complexity index is 534. The van der Waals surface area contributed by atoms with E-state index in [1.54, 1.807) is 12.1 Å². The zero-order chi connectivity index (χ0) is 15.6. The molecule has 2 aromatic rings. The Balaban J connectivity index is 1.74. The lowest BCUT2D eigenvalue weighted by Gasteiger charge is -2.03. The molecule has 22 heavy (non-hydrogen) atoms. The van der Waals surface area contributed by atoms with Crippen molar-refractivity contribution >= 4 is 0 Å². The van der Waals surface area contributed by atoms with Gasteiger partial charge < -0.3 is 5.11 Å². The molecule has 0 bridgehead atoms. The molecule has 1 heterocycles. The van der Waals surface area contributed by atoms with Crippen LogP contribution in [-0.2, 0) is 6.42 Å². The summed E-state index contributed by atoms with van der Waals surface area (Å²) in [6.45, 7) is 2.25. The van der Waals surface area contributed by atoms with E-state index >= 15 is 0 Å². The SMILES string of the molecule is CCCCCCCCCc1cnc(-c2ccc([OH2+])cc2)nc1. The van der Waals surface area contributed by atoms with Gasteiger partial charge in [-0.2, -0.15) is 0 Å². The highest BCUT2D eigenvalue weighted by Crippen LogP contribution is 2.18. The topological polar surface area (TPSA) is 48.7 Å². The maximum Gasteiger partial charge on any atom is 0.253 e. The summed E-state index contributed by atoms with van der Waals surface area (Å²) >= 11 is 0. The third kappa shape index (κ3) is 5.47. The minimum atomic E-state index is 0.513. The lowest BCUT2D eigenvalue weighted by Crippen LogP contribution is -1.93. The summed E-state index contributed by atoms with van der Waals surface area (Å²) in [5.74, 6) is 1.25. The fourth-order valence-electron chi connectivity index (χ4n) is 2.54. The van der Waals surface area contributed by atoms with E-state index in [1.165, 1.54) is 50.5 Å². The molecule has 3 heteroatoms.